The van der Waals surface area contributed by atoms with Crippen LogP contribution in [0.25, 0.3) is 0 Å². The van der Waals surface area contributed by atoms with Crippen molar-refractivity contribution in [2.45, 2.75) is 12.8 Å². The van der Waals surface area contributed by atoms with Crippen LogP contribution in [0.4, 0.5) is 11.6 Å². The van der Waals surface area contributed by atoms with Gasteiger partial charge in [-0.2, -0.15) is 0 Å². The number of anilines is 2. The second-order valence-corrected chi connectivity index (χ2v) is 4.30. The molecule has 1 atom stereocenters. The maximum absolute atomic E-state index is 5.35. The van der Waals surface area contributed by atoms with Crippen molar-refractivity contribution in [2.75, 3.05) is 44.5 Å². The van der Waals surface area contributed by atoms with Crippen LogP contribution in [0.15, 0.2) is 6.33 Å². The molecule has 1 aromatic rings. The normalized spacial score (nSPS) is 18.7. The van der Waals surface area contributed by atoms with Crippen LogP contribution in [0.2, 0.25) is 0 Å². The monoisotopic (exact) mass is 252 g/mol. The number of hydrogen-bond donors (Lipinski definition) is 2. The minimum atomic E-state index is 0.655. The van der Waals surface area contributed by atoms with Gasteiger partial charge in [-0.1, -0.05) is 0 Å². The van der Waals surface area contributed by atoms with E-state index in [2.05, 4.69) is 20.6 Å². The van der Waals surface area contributed by atoms with Gasteiger partial charge in [-0.3, -0.25) is 0 Å². The highest BCUT2D eigenvalue weighted by molar-refractivity contribution is 5.63. The van der Waals surface area contributed by atoms with Crippen LogP contribution in [0.1, 0.15) is 12.8 Å². The fourth-order valence-corrected chi connectivity index (χ4v) is 2.08. The van der Waals surface area contributed by atoms with Gasteiger partial charge in [0.05, 0.1) is 7.11 Å². The van der Waals surface area contributed by atoms with Gasteiger partial charge in [-0.05, 0) is 18.8 Å². The third-order valence-electron chi connectivity index (χ3n) is 3.11. The molecule has 18 heavy (non-hydrogen) atoms. The molecule has 1 unspecified atom stereocenters. The second kappa shape index (κ2) is 6.39. The first-order chi connectivity index (χ1) is 8.85. The lowest BCUT2D eigenvalue weighted by atomic mass is 10.1. The molecule has 1 aliphatic rings. The zero-order chi connectivity index (χ0) is 12.8. The van der Waals surface area contributed by atoms with Crippen molar-refractivity contribution >= 4 is 11.6 Å². The highest BCUT2D eigenvalue weighted by Gasteiger charge is 2.16. The summed E-state index contributed by atoms with van der Waals surface area (Å²) in [6.45, 7) is 2.64. The predicted octanol–water partition coefficient (Wildman–Crippen LogP) is 1.37. The largest absolute Gasteiger partial charge is 0.490 e. The summed E-state index contributed by atoms with van der Waals surface area (Å²) in [5.74, 6) is 2.74. The van der Waals surface area contributed by atoms with Gasteiger partial charge in [0, 0.05) is 26.8 Å². The minimum Gasteiger partial charge on any atom is -0.490 e. The summed E-state index contributed by atoms with van der Waals surface area (Å²) in [6.07, 6.45) is 3.77. The van der Waals surface area contributed by atoms with Crippen molar-refractivity contribution in [1.29, 1.82) is 0 Å². The zero-order valence-corrected chi connectivity index (χ0v) is 10.9. The number of rotatable bonds is 6. The summed E-state index contributed by atoms with van der Waals surface area (Å²) in [4.78, 5) is 8.31. The zero-order valence-electron chi connectivity index (χ0n) is 10.9. The fourth-order valence-electron chi connectivity index (χ4n) is 2.08. The van der Waals surface area contributed by atoms with E-state index in [0.717, 1.165) is 38.4 Å². The van der Waals surface area contributed by atoms with Crippen molar-refractivity contribution in [3.8, 4) is 5.75 Å². The molecule has 100 valence electrons. The highest BCUT2D eigenvalue weighted by Crippen LogP contribution is 2.28. The van der Waals surface area contributed by atoms with Gasteiger partial charge in [0.15, 0.2) is 11.6 Å². The molecule has 2 N–H and O–H groups in total. The molecular formula is C12H20N4O2. The van der Waals surface area contributed by atoms with E-state index >= 15 is 0 Å². The Morgan fingerprint density at radius 2 is 2.28 bits per heavy atom. The first-order valence-electron chi connectivity index (χ1n) is 6.23. The molecule has 0 radical (unpaired) electrons. The van der Waals surface area contributed by atoms with E-state index in [1.54, 1.807) is 7.11 Å². The van der Waals surface area contributed by atoms with Crippen LogP contribution < -0.4 is 15.4 Å². The SMILES string of the molecule is CNc1ncnc(NCCC2CCOC2)c1OC. The van der Waals surface area contributed by atoms with Crippen LogP contribution >= 0.6 is 0 Å². The second-order valence-electron chi connectivity index (χ2n) is 4.30. The van der Waals surface area contributed by atoms with Crippen LogP contribution in [0.3, 0.4) is 0 Å². The predicted molar refractivity (Wildman–Crippen MR) is 70.2 cm³/mol. The molecular weight excluding hydrogens is 232 g/mol. The third-order valence-corrected chi connectivity index (χ3v) is 3.11. The van der Waals surface area contributed by atoms with Crippen LogP contribution in [-0.2, 0) is 4.74 Å². The van der Waals surface area contributed by atoms with Crippen LogP contribution in [-0.4, -0.2) is 43.9 Å². The van der Waals surface area contributed by atoms with Gasteiger partial charge in [0.1, 0.15) is 6.33 Å². The summed E-state index contributed by atoms with van der Waals surface area (Å²) in [6, 6.07) is 0. The van der Waals surface area contributed by atoms with Gasteiger partial charge >= 0.3 is 0 Å². The highest BCUT2D eigenvalue weighted by atomic mass is 16.5. The molecule has 1 saturated heterocycles. The maximum Gasteiger partial charge on any atom is 0.204 e. The molecule has 0 bridgehead atoms. The molecule has 0 saturated carbocycles. The van der Waals surface area contributed by atoms with Crippen molar-refractivity contribution in [2.24, 2.45) is 5.92 Å². The third kappa shape index (κ3) is 3.01. The van der Waals surface area contributed by atoms with Crippen LogP contribution in [0.5, 0.6) is 5.75 Å². The number of nitrogens with one attached hydrogen (secondary N) is 2. The summed E-state index contributed by atoms with van der Waals surface area (Å²) < 4.78 is 10.7. The molecule has 0 aliphatic carbocycles. The molecule has 6 nitrogen and oxygen atoms in total. The molecule has 0 amide bonds. The smallest absolute Gasteiger partial charge is 0.204 e. The van der Waals surface area contributed by atoms with Gasteiger partial charge < -0.3 is 20.1 Å². The number of methoxy groups -OCH3 is 1. The topological polar surface area (TPSA) is 68.3 Å². The molecule has 1 aromatic heterocycles. The number of ether oxygens (including phenoxy) is 2. The Morgan fingerprint density at radius 1 is 1.44 bits per heavy atom. The molecule has 0 aromatic carbocycles. The van der Waals surface area contributed by atoms with E-state index in [-0.39, 0.29) is 0 Å². The Kier molecular flexibility index (Phi) is 4.58. The maximum atomic E-state index is 5.35. The lowest BCUT2D eigenvalue weighted by Crippen LogP contribution is -2.11. The Labute approximate surface area is 107 Å². The van der Waals surface area contributed by atoms with E-state index in [0.29, 0.717) is 17.5 Å². The molecule has 1 fully saturated rings. The Hall–Kier alpha value is -1.56. The fraction of sp³-hybridized carbons (Fsp3) is 0.667. The summed E-state index contributed by atoms with van der Waals surface area (Å²) in [7, 11) is 3.43. The van der Waals surface area contributed by atoms with Gasteiger partial charge in [-0.25, -0.2) is 9.97 Å². The molecule has 1 aliphatic heterocycles. The summed E-state index contributed by atoms with van der Waals surface area (Å²) in [5, 5.41) is 6.28. The Morgan fingerprint density at radius 3 is 2.94 bits per heavy atom. The first-order valence-corrected chi connectivity index (χ1v) is 6.23. The van der Waals surface area contributed by atoms with Crippen molar-refractivity contribution < 1.29 is 9.47 Å². The minimum absolute atomic E-state index is 0.655. The average Bonchev–Trinajstić information content (AvgIpc) is 2.91. The van der Waals surface area contributed by atoms with Crippen LogP contribution in [0, 0.1) is 5.92 Å². The lowest BCUT2D eigenvalue weighted by Gasteiger charge is -2.13. The van der Waals surface area contributed by atoms with E-state index in [9.17, 15) is 0 Å². The van der Waals surface area contributed by atoms with Gasteiger partial charge in [0.25, 0.3) is 0 Å². The number of hydrogen-bond acceptors (Lipinski definition) is 6. The van der Waals surface area contributed by atoms with Crippen molar-refractivity contribution in [3.63, 3.8) is 0 Å². The molecule has 6 heteroatoms. The van der Waals surface area contributed by atoms with E-state index in [4.69, 9.17) is 9.47 Å². The first kappa shape index (κ1) is 12.9. The van der Waals surface area contributed by atoms with Gasteiger partial charge in [0.2, 0.25) is 5.75 Å². The Bertz CT molecular complexity index is 380. The van der Waals surface area contributed by atoms with Gasteiger partial charge in [-0.15, -0.1) is 0 Å². The summed E-state index contributed by atoms with van der Waals surface area (Å²) >= 11 is 0. The standard InChI is InChI=1S/C12H20N4O2/c1-13-11-10(17-2)12(16-8-15-11)14-5-3-9-4-6-18-7-9/h8-9H,3-7H2,1-2H3,(H2,13,14,15,16). The van der Waals surface area contributed by atoms with E-state index in [1.165, 1.54) is 6.33 Å². The van der Waals surface area contributed by atoms with E-state index < -0.39 is 0 Å². The summed E-state index contributed by atoms with van der Waals surface area (Å²) in [5.41, 5.74) is 0. The van der Waals surface area contributed by atoms with E-state index in [1.807, 2.05) is 7.05 Å². The molecule has 0 spiro atoms. The number of nitrogens with zero attached hydrogens (tertiary/aromatic N) is 2. The average molecular weight is 252 g/mol. The van der Waals surface area contributed by atoms with Crippen molar-refractivity contribution in [1.82, 2.24) is 9.97 Å². The van der Waals surface area contributed by atoms with Crippen molar-refractivity contribution in [3.05, 3.63) is 6.33 Å². The Balaban J connectivity index is 1.91. The molecule has 2 heterocycles. The lowest BCUT2D eigenvalue weighted by molar-refractivity contribution is 0.185. The quantitative estimate of drug-likeness (QED) is 0.797. The number of aromatic nitrogens is 2. The molecule has 2 rings (SSSR count).